The first kappa shape index (κ1) is 15.1. The molecule has 3 amide bonds. The van der Waals surface area contributed by atoms with E-state index in [-0.39, 0.29) is 18.6 Å². The van der Waals surface area contributed by atoms with Crippen molar-refractivity contribution in [3.63, 3.8) is 0 Å². The zero-order valence-electron chi connectivity index (χ0n) is 11.5. The summed E-state index contributed by atoms with van der Waals surface area (Å²) >= 11 is 0. The molecule has 4 N–H and O–H groups in total. The summed E-state index contributed by atoms with van der Waals surface area (Å²) in [5.74, 6) is 0.363. The highest BCUT2D eigenvalue weighted by molar-refractivity contribution is 5.81. The number of amides is 3. The number of carbonyl (C=O) groups excluding carboxylic acids is 2. The highest BCUT2D eigenvalue weighted by Gasteiger charge is 2.25. The number of hydrogen-bond acceptors (Lipinski definition) is 3. The van der Waals surface area contributed by atoms with Gasteiger partial charge >= 0.3 is 6.03 Å². The first-order chi connectivity index (χ1) is 8.81. The fourth-order valence-corrected chi connectivity index (χ4v) is 1.44. The predicted molar refractivity (Wildman–Crippen MR) is 71.4 cm³/mol. The Morgan fingerprint density at radius 1 is 1.47 bits per heavy atom. The lowest BCUT2D eigenvalue weighted by molar-refractivity contribution is -0.125. The topological polar surface area (TPSA) is 97.4 Å². The van der Waals surface area contributed by atoms with Gasteiger partial charge in [-0.1, -0.05) is 0 Å². The third kappa shape index (κ3) is 5.03. The van der Waals surface area contributed by atoms with Crippen LogP contribution in [0.15, 0.2) is 22.8 Å². The van der Waals surface area contributed by atoms with E-state index in [2.05, 4.69) is 10.6 Å². The van der Waals surface area contributed by atoms with Crippen molar-refractivity contribution >= 4 is 11.9 Å². The van der Waals surface area contributed by atoms with E-state index >= 15 is 0 Å². The lowest BCUT2D eigenvalue weighted by Gasteiger charge is -2.21. The molecule has 19 heavy (non-hydrogen) atoms. The molecule has 1 atom stereocenters. The molecule has 0 saturated carbocycles. The van der Waals surface area contributed by atoms with Crippen LogP contribution in [-0.2, 0) is 11.2 Å². The van der Waals surface area contributed by atoms with Crippen molar-refractivity contribution < 1.29 is 14.0 Å². The Morgan fingerprint density at radius 2 is 2.16 bits per heavy atom. The molecule has 0 spiro atoms. The molecule has 0 saturated heterocycles. The maximum Gasteiger partial charge on any atom is 0.315 e. The van der Waals surface area contributed by atoms with Gasteiger partial charge in [-0.15, -0.1) is 0 Å². The molecule has 0 aliphatic rings. The molecule has 1 rings (SSSR count). The van der Waals surface area contributed by atoms with Crippen molar-refractivity contribution in [1.82, 2.24) is 10.6 Å². The van der Waals surface area contributed by atoms with Gasteiger partial charge in [0, 0.05) is 19.0 Å². The highest BCUT2D eigenvalue weighted by atomic mass is 16.3. The summed E-state index contributed by atoms with van der Waals surface area (Å²) in [6.07, 6.45) is 2.21. The number of furan rings is 1. The molecule has 1 heterocycles. The van der Waals surface area contributed by atoms with Gasteiger partial charge in [-0.2, -0.15) is 0 Å². The van der Waals surface area contributed by atoms with E-state index < -0.39 is 11.3 Å². The summed E-state index contributed by atoms with van der Waals surface area (Å²) in [6.45, 7) is 5.44. The van der Waals surface area contributed by atoms with Gasteiger partial charge in [0.2, 0.25) is 5.91 Å². The first-order valence-corrected chi connectivity index (χ1v) is 6.18. The fourth-order valence-electron chi connectivity index (χ4n) is 1.44. The Hall–Kier alpha value is -1.98. The molecule has 0 fully saturated rings. The third-order valence-corrected chi connectivity index (χ3v) is 2.82. The van der Waals surface area contributed by atoms with Crippen LogP contribution in [0.5, 0.6) is 0 Å². The van der Waals surface area contributed by atoms with E-state index in [4.69, 9.17) is 10.2 Å². The summed E-state index contributed by atoms with van der Waals surface area (Å²) in [5.41, 5.74) is 4.46. The average Bonchev–Trinajstić information content (AvgIpc) is 2.78. The lowest BCUT2D eigenvalue weighted by atomic mass is 9.93. The smallest absolute Gasteiger partial charge is 0.315 e. The predicted octanol–water partition coefficient (Wildman–Crippen LogP) is 1.02. The van der Waals surface area contributed by atoms with Gasteiger partial charge in [-0.25, -0.2) is 4.79 Å². The number of nitrogens with two attached hydrogens (primary N) is 1. The summed E-state index contributed by atoms with van der Waals surface area (Å²) in [4.78, 5) is 22.8. The Bertz CT molecular complexity index is 426. The average molecular weight is 267 g/mol. The van der Waals surface area contributed by atoms with Crippen LogP contribution in [0, 0.1) is 5.41 Å². The summed E-state index contributed by atoms with van der Waals surface area (Å²) < 4.78 is 5.20. The summed E-state index contributed by atoms with van der Waals surface area (Å²) in [7, 11) is 0. The van der Waals surface area contributed by atoms with E-state index in [9.17, 15) is 9.59 Å². The number of urea groups is 1. The first-order valence-electron chi connectivity index (χ1n) is 6.18. The number of rotatable bonds is 6. The van der Waals surface area contributed by atoms with Gasteiger partial charge in [-0.3, -0.25) is 4.79 Å². The Kier molecular flexibility index (Phi) is 4.97. The summed E-state index contributed by atoms with van der Waals surface area (Å²) in [6, 6.07) is 3.26. The van der Waals surface area contributed by atoms with Crippen molar-refractivity contribution in [2.75, 3.05) is 6.54 Å². The molecule has 1 aromatic rings. The highest BCUT2D eigenvalue weighted by Crippen LogP contribution is 2.11. The zero-order chi connectivity index (χ0) is 14.5. The van der Waals surface area contributed by atoms with Crippen molar-refractivity contribution in [2.24, 2.45) is 11.1 Å². The van der Waals surface area contributed by atoms with Gasteiger partial charge < -0.3 is 20.8 Å². The van der Waals surface area contributed by atoms with Crippen LogP contribution in [-0.4, -0.2) is 24.5 Å². The van der Waals surface area contributed by atoms with Crippen LogP contribution in [0.3, 0.4) is 0 Å². The molecule has 0 bridgehead atoms. The van der Waals surface area contributed by atoms with Crippen molar-refractivity contribution in [1.29, 1.82) is 0 Å². The van der Waals surface area contributed by atoms with Crippen molar-refractivity contribution in [3.8, 4) is 0 Å². The van der Waals surface area contributed by atoms with Gasteiger partial charge in [-0.05, 0) is 32.9 Å². The number of primary amides is 1. The lowest BCUT2D eigenvalue weighted by Crippen LogP contribution is -2.47. The monoisotopic (exact) mass is 267 g/mol. The zero-order valence-corrected chi connectivity index (χ0v) is 11.5. The largest absolute Gasteiger partial charge is 0.469 e. The van der Waals surface area contributed by atoms with Crippen LogP contribution in [0.1, 0.15) is 26.5 Å². The molecule has 0 unspecified atom stereocenters. The molecule has 0 aliphatic heterocycles. The van der Waals surface area contributed by atoms with E-state index in [0.717, 1.165) is 5.76 Å². The van der Waals surface area contributed by atoms with E-state index in [1.807, 2.05) is 13.0 Å². The molecule has 106 valence electrons. The number of hydrogen-bond donors (Lipinski definition) is 3. The van der Waals surface area contributed by atoms with Crippen molar-refractivity contribution in [2.45, 2.75) is 33.2 Å². The molecule has 6 nitrogen and oxygen atoms in total. The molecule has 6 heteroatoms. The van der Waals surface area contributed by atoms with E-state index in [1.54, 1.807) is 26.2 Å². The van der Waals surface area contributed by atoms with Crippen LogP contribution in [0.25, 0.3) is 0 Å². The van der Waals surface area contributed by atoms with Crippen LogP contribution >= 0.6 is 0 Å². The molecular formula is C13H21N3O3. The van der Waals surface area contributed by atoms with Gasteiger partial charge in [0.05, 0.1) is 11.7 Å². The molecular weight excluding hydrogens is 246 g/mol. The molecule has 0 aromatic carbocycles. The second-order valence-electron chi connectivity index (χ2n) is 5.26. The van der Waals surface area contributed by atoms with Gasteiger partial charge in [0.25, 0.3) is 0 Å². The summed E-state index contributed by atoms with van der Waals surface area (Å²) in [5, 5.41) is 5.40. The second kappa shape index (κ2) is 6.26. The quantitative estimate of drug-likeness (QED) is 0.717. The Balaban J connectivity index is 2.33. The van der Waals surface area contributed by atoms with Gasteiger partial charge in [0.1, 0.15) is 5.76 Å². The van der Waals surface area contributed by atoms with E-state index in [0.29, 0.717) is 6.42 Å². The van der Waals surface area contributed by atoms with Crippen LogP contribution in [0.2, 0.25) is 0 Å². The minimum Gasteiger partial charge on any atom is -0.469 e. The second-order valence-corrected chi connectivity index (χ2v) is 5.26. The minimum atomic E-state index is -0.762. The Morgan fingerprint density at radius 3 is 2.68 bits per heavy atom. The molecule has 0 radical (unpaired) electrons. The maximum absolute atomic E-state index is 11.6. The minimum absolute atomic E-state index is 0.0668. The molecule has 1 aromatic heterocycles. The number of nitrogens with one attached hydrogen (secondary N) is 2. The molecule has 0 aliphatic carbocycles. The number of carbonyl (C=O) groups is 2. The van der Waals surface area contributed by atoms with E-state index in [1.165, 1.54) is 0 Å². The normalized spacial score (nSPS) is 12.8. The Labute approximate surface area is 112 Å². The van der Waals surface area contributed by atoms with Crippen LogP contribution < -0.4 is 16.4 Å². The van der Waals surface area contributed by atoms with Crippen LogP contribution in [0.4, 0.5) is 4.79 Å². The van der Waals surface area contributed by atoms with Crippen molar-refractivity contribution in [3.05, 3.63) is 24.2 Å². The third-order valence-electron chi connectivity index (χ3n) is 2.82. The fraction of sp³-hybridized carbons (Fsp3) is 0.538. The maximum atomic E-state index is 11.6. The van der Waals surface area contributed by atoms with Gasteiger partial charge in [0.15, 0.2) is 0 Å². The SMILES string of the molecule is C[C@H](Cc1ccco1)NC(=O)NCC(C)(C)C(N)=O. The standard InChI is InChI=1S/C13H21N3O3/c1-9(7-10-5-4-6-19-10)16-12(18)15-8-13(2,3)11(14)17/h4-6,9H,7-8H2,1-3H3,(H2,14,17)(H2,15,16,18)/t9-/m1/s1.